The highest BCUT2D eigenvalue weighted by Crippen LogP contribution is 2.32. The van der Waals surface area contributed by atoms with Crippen LogP contribution in [0.5, 0.6) is 0 Å². The van der Waals surface area contributed by atoms with Crippen molar-refractivity contribution >= 4 is 0 Å². The molecule has 1 fully saturated rings. The molecule has 2 heterocycles. The Balaban J connectivity index is 1.94. The van der Waals surface area contributed by atoms with E-state index in [9.17, 15) is 0 Å². The van der Waals surface area contributed by atoms with Gasteiger partial charge in [0, 0.05) is 31.1 Å². The number of nitrogens with zero attached hydrogens (tertiary/aromatic N) is 2. The van der Waals surface area contributed by atoms with Gasteiger partial charge in [-0.05, 0) is 38.6 Å². The fourth-order valence-corrected chi connectivity index (χ4v) is 2.33. The SMILES string of the molecule is CC(C)CNCc1cnc(C2(C)CCCCO2)nc1. The molecule has 0 spiro atoms. The number of ether oxygens (including phenoxy) is 1. The minimum atomic E-state index is -0.290. The summed E-state index contributed by atoms with van der Waals surface area (Å²) >= 11 is 0. The number of nitrogens with one attached hydrogen (secondary N) is 1. The van der Waals surface area contributed by atoms with Crippen LogP contribution in [0.3, 0.4) is 0 Å². The van der Waals surface area contributed by atoms with Crippen LogP contribution in [-0.2, 0) is 16.9 Å². The zero-order valence-electron chi connectivity index (χ0n) is 12.3. The molecule has 0 radical (unpaired) electrons. The van der Waals surface area contributed by atoms with Gasteiger partial charge in [0.2, 0.25) is 0 Å². The van der Waals surface area contributed by atoms with Gasteiger partial charge in [-0.15, -0.1) is 0 Å². The van der Waals surface area contributed by atoms with E-state index in [1.54, 1.807) is 0 Å². The Hall–Kier alpha value is -1.00. The molecule has 1 aliphatic heterocycles. The van der Waals surface area contributed by atoms with Crippen molar-refractivity contribution in [2.75, 3.05) is 13.2 Å². The van der Waals surface area contributed by atoms with Gasteiger partial charge in [0.1, 0.15) is 5.60 Å². The second-order valence-corrected chi connectivity index (χ2v) is 5.98. The Morgan fingerprint density at radius 3 is 2.63 bits per heavy atom. The molecule has 1 N–H and O–H groups in total. The molecule has 1 unspecified atom stereocenters. The minimum absolute atomic E-state index is 0.290. The average Bonchev–Trinajstić information content (AvgIpc) is 2.40. The lowest BCUT2D eigenvalue weighted by atomic mass is 9.95. The molecule has 1 saturated heterocycles. The van der Waals surface area contributed by atoms with Crippen LogP contribution in [0, 0.1) is 5.92 Å². The first-order chi connectivity index (χ1) is 9.10. The molecule has 106 valence electrons. The fourth-order valence-electron chi connectivity index (χ4n) is 2.33. The summed E-state index contributed by atoms with van der Waals surface area (Å²) < 4.78 is 5.86. The minimum Gasteiger partial charge on any atom is -0.367 e. The van der Waals surface area contributed by atoms with Crippen molar-refractivity contribution in [2.24, 2.45) is 5.92 Å². The largest absolute Gasteiger partial charge is 0.367 e. The fraction of sp³-hybridized carbons (Fsp3) is 0.733. The van der Waals surface area contributed by atoms with Gasteiger partial charge in [-0.1, -0.05) is 13.8 Å². The number of hydrogen-bond donors (Lipinski definition) is 1. The van der Waals surface area contributed by atoms with E-state index in [0.29, 0.717) is 5.92 Å². The molecule has 4 nitrogen and oxygen atoms in total. The lowest BCUT2D eigenvalue weighted by Gasteiger charge is -2.32. The third-order valence-corrected chi connectivity index (χ3v) is 3.53. The lowest BCUT2D eigenvalue weighted by Crippen LogP contribution is -2.32. The highest BCUT2D eigenvalue weighted by Gasteiger charge is 2.32. The molecular formula is C15H25N3O. The van der Waals surface area contributed by atoms with E-state index >= 15 is 0 Å². The number of aromatic nitrogens is 2. The molecule has 0 aromatic carbocycles. The maximum atomic E-state index is 5.86. The highest BCUT2D eigenvalue weighted by molar-refractivity contribution is 5.09. The molecule has 0 saturated carbocycles. The first kappa shape index (κ1) is 14.4. The topological polar surface area (TPSA) is 47.0 Å². The van der Waals surface area contributed by atoms with Gasteiger partial charge >= 0.3 is 0 Å². The van der Waals surface area contributed by atoms with Gasteiger partial charge in [0.05, 0.1) is 0 Å². The Morgan fingerprint density at radius 2 is 2.05 bits per heavy atom. The van der Waals surface area contributed by atoms with Gasteiger partial charge in [0.25, 0.3) is 0 Å². The maximum absolute atomic E-state index is 5.86. The molecule has 4 heteroatoms. The van der Waals surface area contributed by atoms with E-state index in [1.165, 1.54) is 6.42 Å². The van der Waals surface area contributed by atoms with Crippen LogP contribution in [0.1, 0.15) is 51.4 Å². The smallest absolute Gasteiger partial charge is 0.159 e. The molecule has 1 aromatic heterocycles. The van der Waals surface area contributed by atoms with Crippen LogP contribution in [0.2, 0.25) is 0 Å². The summed E-state index contributed by atoms with van der Waals surface area (Å²) in [5, 5.41) is 3.40. The second kappa shape index (κ2) is 6.44. The lowest BCUT2D eigenvalue weighted by molar-refractivity contribution is -0.0760. The zero-order chi connectivity index (χ0) is 13.7. The standard InChI is InChI=1S/C15H25N3O/c1-12(2)8-16-9-13-10-17-14(18-11-13)15(3)6-4-5-7-19-15/h10-12,16H,4-9H2,1-3H3. The Kier molecular flexibility index (Phi) is 4.88. The van der Waals surface area contributed by atoms with Crippen LogP contribution in [0.4, 0.5) is 0 Å². The summed E-state index contributed by atoms with van der Waals surface area (Å²) in [5.74, 6) is 1.48. The summed E-state index contributed by atoms with van der Waals surface area (Å²) in [5.41, 5.74) is 0.839. The van der Waals surface area contributed by atoms with Gasteiger partial charge in [-0.2, -0.15) is 0 Å². The van der Waals surface area contributed by atoms with E-state index in [-0.39, 0.29) is 5.60 Å². The average molecular weight is 263 g/mol. The summed E-state index contributed by atoms with van der Waals surface area (Å²) in [6, 6.07) is 0. The third-order valence-electron chi connectivity index (χ3n) is 3.53. The molecule has 19 heavy (non-hydrogen) atoms. The number of hydrogen-bond acceptors (Lipinski definition) is 4. The summed E-state index contributed by atoms with van der Waals surface area (Å²) in [7, 11) is 0. The van der Waals surface area contributed by atoms with Crippen molar-refractivity contribution in [1.82, 2.24) is 15.3 Å². The first-order valence-corrected chi connectivity index (χ1v) is 7.26. The monoisotopic (exact) mass is 263 g/mol. The van der Waals surface area contributed by atoms with Gasteiger partial charge in [0.15, 0.2) is 5.82 Å². The van der Waals surface area contributed by atoms with Crippen LogP contribution in [0.25, 0.3) is 0 Å². The predicted octanol–water partition coefficient (Wildman–Crippen LogP) is 2.64. The van der Waals surface area contributed by atoms with Crippen molar-refractivity contribution in [3.8, 4) is 0 Å². The zero-order valence-corrected chi connectivity index (χ0v) is 12.3. The molecule has 2 rings (SSSR count). The van der Waals surface area contributed by atoms with E-state index in [0.717, 1.165) is 43.9 Å². The molecule has 1 aliphatic rings. The van der Waals surface area contributed by atoms with Crippen LogP contribution in [0.15, 0.2) is 12.4 Å². The normalized spacial score (nSPS) is 23.8. The van der Waals surface area contributed by atoms with Crippen LogP contribution in [-0.4, -0.2) is 23.1 Å². The van der Waals surface area contributed by atoms with E-state index in [4.69, 9.17) is 4.74 Å². The van der Waals surface area contributed by atoms with Gasteiger partial charge in [-0.25, -0.2) is 9.97 Å². The quantitative estimate of drug-likeness (QED) is 0.887. The molecular weight excluding hydrogens is 238 g/mol. The summed E-state index contributed by atoms with van der Waals surface area (Å²) in [6.45, 7) is 9.16. The van der Waals surface area contributed by atoms with Crippen LogP contribution < -0.4 is 5.32 Å². The predicted molar refractivity (Wildman–Crippen MR) is 75.7 cm³/mol. The molecule has 1 aromatic rings. The molecule has 0 amide bonds. The Bertz CT molecular complexity index is 383. The van der Waals surface area contributed by atoms with Crippen molar-refractivity contribution < 1.29 is 4.74 Å². The molecule has 0 bridgehead atoms. The van der Waals surface area contributed by atoms with Crippen LogP contribution >= 0.6 is 0 Å². The van der Waals surface area contributed by atoms with E-state index in [2.05, 4.69) is 36.1 Å². The van der Waals surface area contributed by atoms with Crippen molar-refractivity contribution in [3.05, 3.63) is 23.8 Å². The first-order valence-electron chi connectivity index (χ1n) is 7.26. The van der Waals surface area contributed by atoms with Gasteiger partial charge in [-0.3, -0.25) is 0 Å². The Morgan fingerprint density at radius 1 is 1.32 bits per heavy atom. The highest BCUT2D eigenvalue weighted by atomic mass is 16.5. The van der Waals surface area contributed by atoms with E-state index < -0.39 is 0 Å². The maximum Gasteiger partial charge on any atom is 0.159 e. The molecule has 0 aliphatic carbocycles. The van der Waals surface area contributed by atoms with E-state index in [1.807, 2.05) is 12.4 Å². The van der Waals surface area contributed by atoms with Crippen molar-refractivity contribution in [3.63, 3.8) is 0 Å². The van der Waals surface area contributed by atoms with Crippen molar-refractivity contribution in [1.29, 1.82) is 0 Å². The summed E-state index contributed by atoms with van der Waals surface area (Å²) in [4.78, 5) is 8.99. The molecule has 1 atom stereocenters. The third kappa shape index (κ3) is 3.98. The van der Waals surface area contributed by atoms with Crippen molar-refractivity contribution in [2.45, 2.75) is 52.2 Å². The Labute approximate surface area is 116 Å². The second-order valence-electron chi connectivity index (χ2n) is 5.98. The summed E-state index contributed by atoms with van der Waals surface area (Å²) in [6.07, 6.45) is 7.18. The number of rotatable bonds is 5. The van der Waals surface area contributed by atoms with Gasteiger partial charge < -0.3 is 10.1 Å².